The van der Waals surface area contributed by atoms with Crippen LogP contribution in [0.25, 0.3) is 0 Å². The van der Waals surface area contributed by atoms with Crippen LogP contribution in [0.5, 0.6) is 5.75 Å². The number of para-hydroxylation sites is 1. The van der Waals surface area contributed by atoms with E-state index in [0.29, 0.717) is 56.9 Å². The summed E-state index contributed by atoms with van der Waals surface area (Å²) >= 11 is 0. The topological polar surface area (TPSA) is 82.2 Å². The van der Waals surface area contributed by atoms with E-state index < -0.39 is 0 Å². The van der Waals surface area contributed by atoms with Gasteiger partial charge in [-0.25, -0.2) is 4.79 Å². The van der Waals surface area contributed by atoms with Gasteiger partial charge in [0.05, 0.1) is 12.7 Å². The lowest BCUT2D eigenvalue weighted by atomic mass is 10.1. The molecule has 0 unspecified atom stereocenters. The number of likely N-dealkylation sites (tertiary alicyclic amines) is 1. The second-order valence-electron chi connectivity index (χ2n) is 6.94. The van der Waals surface area contributed by atoms with Crippen LogP contribution in [0.1, 0.15) is 23.2 Å². The van der Waals surface area contributed by atoms with Gasteiger partial charge >= 0.3 is 6.03 Å². The molecule has 27 heavy (non-hydrogen) atoms. The highest BCUT2D eigenvalue weighted by atomic mass is 16.5. The minimum Gasteiger partial charge on any atom is -0.496 e. The number of hydrogen-bond acceptors (Lipinski definition) is 4. The molecule has 146 valence electrons. The molecule has 3 rings (SSSR count). The SMILES string of the molecule is COc1ccccc1C(=O)N1CCN(C(=O)N[C@@H]2CCC(=O)N(C)C2)CC1. The van der Waals surface area contributed by atoms with Crippen LogP contribution in [0.3, 0.4) is 0 Å². The van der Waals surface area contributed by atoms with E-state index in [1.54, 1.807) is 41.0 Å². The number of methoxy groups -OCH3 is 1. The van der Waals surface area contributed by atoms with Gasteiger partial charge in [-0.2, -0.15) is 0 Å². The fourth-order valence-electron chi connectivity index (χ4n) is 3.50. The first-order valence-corrected chi connectivity index (χ1v) is 9.21. The van der Waals surface area contributed by atoms with E-state index in [2.05, 4.69) is 5.32 Å². The van der Waals surface area contributed by atoms with Crippen LogP contribution in [0.15, 0.2) is 24.3 Å². The molecular weight excluding hydrogens is 348 g/mol. The van der Waals surface area contributed by atoms with Gasteiger partial charge in [0.25, 0.3) is 5.91 Å². The molecule has 0 spiro atoms. The Labute approximate surface area is 159 Å². The van der Waals surface area contributed by atoms with Crippen molar-refractivity contribution in [1.29, 1.82) is 0 Å². The Morgan fingerprint density at radius 3 is 2.44 bits per heavy atom. The summed E-state index contributed by atoms with van der Waals surface area (Å²) in [6.07, 6.45) is 1.13. The summed E-state index contributed by atoms with van der Waals surface area (Å²) in [4.78, 5) is 41.9. The number of carbonyl (C=O) groups is 3. The van der Waals surface area contributed by atoms with Crippen molar-refractivity contribution in [1.82, 2.24) is 20.0 Å². The predicted molar refractivity (Wildman–Crippen MR) is 99.7 cm³/mol. The Morgan fingerprint density at radius 2 is 1.78 bits per heavy atom. The van der Waals surface area contributed by atoms with Crippen LogP contribution in [0.4, 0.5) is 4.79 Å². The number of carbonyl (C=O) groups excluding carboxylic acids is 3. The van der Waals surface area contributed by atoms with Gasteiger partial charge in [0.15, 0.2) is 0 Å². The fraction of sp³-hybridized carbons (Fsp3) is 0.526. The summed E-state index contributed by atoms with van der Waals surface area (Å²) in [5.74, 6) is 0.586. The molecule has 2 aliphatic rings. The van der Waals surface area contributed by atoms with Gasteiger partial charge in [-0.15, -0.1) is 0 Å². The van der Waals surface area contributed by atoms with Crippen molar-refractivity contribution < 1.29 is 19.1 Å². The highest BCUT2D eigenvalue weighted by molar-refractivity contribution is 5.97. The van der Waals surface area contributed by atoms with E-state index in [0.717, 1.165) is 0 Å². The quantitative estimate of drug-likeness (QED) is 0.848. The highest BCUT2D eigenvalue weighted by Gasteiger charge is 2.29. The molecule has 4 amide bonds. The lowest BCUT2D eigenvalue weighted by molar-refractivity contribution is -0.132. The summed E-state index contributed by atoms with van der Waals surface area (Å²) in [6.45, 7) is 2.46. The summed E-state index contributed by atoms with van der Waals surface area (Å²) in [6, 6.07) is 7.00. The third-order valence-corrected chi connectivity index (χ3v) is 5.15. The van der Waals surface area contributed by atoms with Crippen molar-refractivity contribution >= 4 is 17.8 Å². The molecule has 0 saturated carbocycles. The smallest absolute Gasteiger partial charge is 0.317 e. The molecule has 1 aromatic rings. The van der Waals surface area contributed by atoms with Gasteiger partial charge in [-0.3, -0.25) is 9.59 Å². The van der Waals surface area contributed by atoms with Crippen molar-refractivity contribution in [2.24, 2.45) is 0 Å². The molecule has 1 aromatic carbocycles. The van der Waals surface area contributed by atoms with Crippen LogP contribution in [0, 0.1) is 0 Å². The molecule has 2 saturated heterocycles. The molecule has 0 aliphatic carbocycles. The Morgan fingerprint density at radius 1 is 1.11 bits per heavy atom. The zero-order valence-electron chi connectivity index (χ0n) is 15.8. The zero-order chi connectivity index (χ0) is 19.4. The number of nitrogens with zero attached hydrogens (tertiary/aromatic N) is 3. The Hall–Kier alpha value is -2.77. The van der Waals surface area contributed by atoms with Crippen molar-refractivity contribution in [3.05, 3.63) is 29.8 Å². The number of likely N-dealkylation sites (N-methyl/N-ethyl adjacent to an activating group) is 1. The van der Waals surface area contributed by atoms with Crippen LogP contribution in [-0.2, 0) is 4.79 Å². The van der Waals surface area contributed by atoms with Gasteiger partial charge in [-0.1, -0.05) is 12.1 Å². The maximum atomic E-state index is 12.7. The lowest BCUT2D eigenvalue weighted by Crippen LogP contribution is -2.56. The number of urea groups is 1. The van der Waals surface area contributed by atoms with Gasteiger partial charge in [0.1, 0.15) is 5.75 Å². The molecule has 1 atom stereocenters. The number of nitrogens with one attached hydrogen (secondary N) is 1. The van der Waals surface area contributed by atoms with Crippen molar-refractivity contribution in [3.8, 4) is 5.75 Å². The predicted octanol–water partition coefficient (Wildman–Crippen LogP) is 0.783. The number of benzene rings is 1. The van der Waals surface area contributed by atoms with Gasteiger partial charge < -0.3 is 24.8 Å². The Balaban J connectivity index is 1.52. The number of hydrogen-bond donors (Lipinski definition) is 1. The third-order valence-electron chi connectivity index (χ3n) is 5.15. The Kier molecular flexibility index (Phi) is 5.83. The maximum absolute atomic E-state index is 12.7. The van der Waals surface area contributed by atoms with E-state index in [9.17, 15) is 14.4 Å². The number of amides is 4. The summed E-state index contributed by atoms with van der Waals surface area (Å²) in [5.41, 5.74) is 0.535. The first kappa shape index (κ1) is 19.0. The fourth-order valence-corrected chi connectivity index (χ4v) is 3.50. The van der Waals surface area contributed by atoms with E-state index >= 15 is 0 Å². The van der Waals surface area contributed by atoms with Crippen LogP contribution < -0.4 is 10.1 Å². The van der Waals surface area contributed by atoms with Gasteiger partial charge in [-0.05, 0) is 18.6 Å². The first-order valence-electron chi connectivity index (χ1n) is 9.21. The summed E-state index contributed by atoms with van der Waals surface area (Å²) < 4.78 is 5.27. The van der Waals surface area contributed by atoms with Crippen LogP contribution in [0.2, 0.25) is 0 Å². The second kappa shape index (κ2) is 8.28. The minimum absolute atomic E-state index is 0.0200. The molecular formula is C19H26N4O4. The van der Waals surface area contributed by atoms with Gasteiger partial charge in [0.2, 0.25) is 5.91 Å². The van der Waals surface area contributed by atoms with E-state index in [4.69, 9.17) is 4.74 Å². The van der Waals surface area contributed by atoms with E-state index in [1.165, 1.54) is 0 Å². The molecule has 0 radical (unpaired) electrons. The molecule has 0 bridgehead atoms. The standard InChI is InChI=1S/C19H26N4O4/c1-21-13-14(7-8-17(21)24)20-19(26)23-11-9-22(10-12-23)18(25)15-5-3-4-6-16(15)27-2/h3-6,14H,7-13H2,1-2H3,(H,20,26)/t14-/m1/s1. The average Bonchev–Trinajstić information content (AvgIpc) is 2.70. The first-order chi connectivity index (χ1) is 13.0. The van der Waals surface area contributed by atoms with Gasteiger partial charge in [0, 0.05) is 52.2 Å². The Bertz CT molecular complexity index is 715. The van der Waals surface area contributed by atoms with Crippen molar-refractivity contribution in [3.63, 3.8) is 0 Å². The molecule has 2 heterocycles. The van der Waals surface area contributed by atoms with Crippen LogP contribution in [-0.4, -0.2) is 85.5 Å². The summed E-state index contributed by atoms with van der Waals surface area (Å²) in [7, 11) is 3.30. The molecule has 8 nitrogen and oxygen atoms in total. The lowest BCUT2D eigenvalue weighted by Gasteiger charge is -2.37. The van der Waals surface area contributed by atoms with Crippen molar-refractivity contribution in [2.45, 2.75) is 18.9 Å². The van der Waals surface area contributed by atoms with Crippen LogP contribution >= 0.6 is 0 Å². The minimum atomic E-state index is -0.132. The molecule has 2 aliphatic heterocycles. The zero-order valence-corrected chi connectivity index (χ0v) is 15.8. The largest absolute Gasteiger partial charge is 0.496 e. The van der Waals surface area contributed by atoms with E-state index in [1.807, 2.05) is 12.1 Å². The molecule has 2 fully saturated rings. The normalized spacial score (nSPS) is 20.4. The molecule has 8 heteroatoms. The number of piperazine rings is 1. The monoisotopic (exact) mass is 374 g/mol. The average molecular weight is 374 g/mol. The van der Waals surface area contributed by atoms with Crippen molar-refractivity contribution in [2.75, 3.05) is 46.9 Å². The second-order valence-corrected chi connectivity index (χ2v) is 6.94. The third kappa shape index (κ3) is 4.32. The molecule has 1 N–H and O–H groups in total. The maximum Gasteiger partial charge on any atom is 0.317 e. The number of ether oxygens (including phenoxy) is 1. The summed E-state index contributed by atoms with van der Waals surface area (Å²) in [5, 5.41) is 3.00. The molecule has 0 aromatic heterocycles. The number of rotatable bonds is 3. The van der Waals surface area contributed by atoms with E-state index in [-0.39, 0.29) is 23.9 Å². The number of piperidine rings is 1. The highest BCUT2D eigenvalue weighted by Crippen LogP contribution is 2.20.